The Hall–Kier alpha value is -0.860. The Kier molecular flexibility index (Phi) is 2.49. The second kappa shape index (κ2) is 3.86. The van der Waals surface area contributed by atoms with Gasteiger partial charge in [-0.25, -0.2) is 5.43 Å². The highest BCUT2D eigenvalue weighted by atomic mass is 16.2. The lowest BCUT2D eigenvalue weighted by Gasteiger charge is -2.04. The zero-order valence-electron chi connectivity index (χ0n) is 9.91. The Morgan fingerprint density at radius 2 is 1.75 bits per heavy atom. The van der Waals surface area contributed by atoms with Crippen molar-refractivity contribution in [2.24, 2.45) is 28.8 Å². The number of carbonyl (C=O) groups excluding carboxylic acids is 1. The number of hydrazone groups is 1. The Morgan fingerprint density at radius 1 is 1.12 bits per heavy atom. The van der Waals surface area contributed by atoms with Crippen LogP contribution in [0.3, 0.4) is 0 Å². The average molecular weight is 220 g/mol. The molecule has 3 aliphatic carbocycles. The van der Waals surface area contributed by atoms with Crippen molar-refractivity contribution in [3.63, 3.8) is 0 Å². The summed E-state index contributed by atoms with van der Waals surface area (Å²) in [6.07, 6.45) is 7.65. The van der Waals surface area contributed by atoms with Crippen LogP contribution >= 0.6 is 0 Å². The molecule has 0 unspecified atom stereocenters. The molecule has 1 N–H and O–H groups in total. The Bertz CT molecular complexity index is 321. The quantitative estimate of drug-likeness (QED) is 0.575. The summed E-state index contributed by atoms with van der Waals surface area (Å²) in [7, 11) is 0. The van der Waals surface area contributed by atoms with Gasteiger partial charge in [0.2, 0.25) is 5.91 Å². The first-order valence-corrected chi connectivity index (χ1v) is 6.61. The van der Waals surface area contributed by atoms with Gasteiger partial charge in [0.15, 0.2) is 0 Å². The number of nitrogens with zero attached hydrogens (tertiary/aromatic N) is 1. The molecule has 3 rings (SSSR count). The standard InChI is InChI=1S/C13H20N2O/c1-8(9-6-7-9)14-15-13(16)12-10-4-2-3-5-11(10)12/h9-12H,2-7H2,1H3,(H,15,16)/b14-8-/t10-,11-/m0/s1. The van der Waals surface area contributed by atoms with E-state index in [0.717, 1.165) is 5.71 Å². The highest BCUT2D eigenvalue weighted by Crippen LogP contribution is 2.55. The first kappa shape index (κ1) is 10.3. The first-order valence-electron chi connectivity index (χ1n) is 6.61. The topological polar surface area (TPSA) is 41.5 Å². The minimum Gasteiger partial charge on any atom is -0.273 e. The van der Waals surface area contributed by atoms with Crippen molar-refractivity contribution < 1.29 is 4.79 Å². The molecule has 2 atom stereocenters. The molecule has 3 heteroatoms. The Labute approximate surface area is 96.7 Å². The monoisotopic (exact) mass is 220 g/mol. The molecule has 0 bridgehead atoms. The lowest BCUT2D eigenvalue weighted by atomic mass is 10.0. The van der Waals surface area contributed by atoms with E-state index in [2.05, 4.69) is 10.5 Å². The minimum absolute atomic E-state index is 0.178. The summed E-state index contributed by atoms with van der Waals surface area (Å²) in [4.78, 5) is 11.9. The van der Waals surface area contributed by atoms with Crippen molar-refractivity contribution in [3.05, 3.63) is 0 Å². The van der Waals surface area contributed by atoms with Gasteiger partial charge in [-0.05, 0) is 50.4 Å². The van der Waals surface area contributed by atoms with Crippen molar-refractivity contribution >= 4 is 11.6 Å². The van der Waals surface area contributed by atoms with E-state index in [4.69, 9.17) is 0 Å². The summed E-state index contributed by atoms with van der Waals surface area (Å²) in [6.45, 7) is 2.03. The van der Waals surface area contributed by atoms with E-state index in [-0.39, 0.29) is 5.91 Å². The van der Waals surface area contributed by atoms with Gasteiger partial charge in [0.25, 0.3) is 0 Å². The van der Waals surface area contributed by atoms with Gasteiger partial charge in [0.1, 0.15) is 0 Å². The summed E-state index contributed by atoms with van der Waals surface area (Å²) in [5, 5.41) is 4.22. The number of amides is 1. The SMILES string of the molecule is C/C(=N/NC(=O)C1[C@H]2CCCC[C@H]12)C1CC1. The molecule has 3 fully saturated rings. The highest BCUT2D eigenvalue weighted by molar-refractivity contribution is 5.89. The number of fused-ring (bicyclic) bond motifs is 1. The summed E-state index contributed by atoms with van der Waals surface area (Å²) in [5.74, 6) is 2.49. The smallest absolute Gasteiger partial charge is 0.243 e. The molecule has 88 valence electrons. The van der Waals surface area contributed by atoms with Crippen LogP contribution < -0.4 is 5.43 Å². The molecule has 0 aromatic heterocycles. The van der Waals surface area contributed by atoms with Gasteiger partial charge < -0.3 is 0 Å². The van der Waals surface area contributed by atoms with Crippen molar-refractivity contribution in [2.45, 2.75) is 45.4 Å². The summed E-state index contributed by atoms with van der Waals surface area (Å²) in [5.41, 5.74) is 3.88. The zero-order valence-corrected chi connectivity index (χ0v) is 9.91. The second-order valence-corrected chi connectivity index (χ2v) is 5.64. The molecule has 0 spiro atoms. The molecule has 0 heterocycles. The largest absolute Gasteiger partial charge is 0.273 e. The van der Waals surface area contributed by atoms with E-state index in [1.165, 1.54) is 38.5 Å². The van der Waals surface area contributed by atoms with Crippen molar-refractivity contribution in [1.82, 2.24) is 5.43 Å². The lowest BCUT2D eigenvalue weighted by molar-refractivity contribution is -0.122. The number of hydrogen-bond acceptors (Lipinski definition) is 2. The van der Waals surface area contributed by atoms with E-state index in [0.29, 0.717) is 23.7 Å². The minimum atomic E-state index is 0.178. The third-order valence-corrected chi connectivity index (χ3v) is 4.47. The maximum absolute atomic E-state index is 11.9. The number of nitrogens with one attached hydrogen (secondary N) is 1. The molecule has 16 heavy (non-hydrogen) atoms. The van der Waals surface area contributed by atoms with Crippen LogP contribution in [0.5, 0.6) is 0 Å². The van der Waals surface area contributed by atoms with Gasteiger partial charge in [0.05, 0.1) is 0 Å². The van der Waals surface area contributed by atoms with Crippen LogP contribution in [-0.2, 0) is 4.79 Å². The summed E-state index contributed by atoms with van der Waals surface area (Å²) in [6, 6.07) is 0. The van der Waals surface area contributed by atoms with Crippen LogP contribution in [0.2, 0.25) is 0 Å². The number of carbonyl (C=O) groups is 1. The fourth-order valence-corrected chi connectivity index (χ4v) is 3.19. The third-order valence-electron chi connectivity index (χ3n) is 4.47. The fraction of sp³-hybridized carbons (Fsp3) is 0.846. The molecule has 3 aliphatic rings. The Balaban J connectivity index is 1.52. The van der Waals surface area contributed by atoms with Gasteiger partial charge in [-0.3, -0.25) is 4.79 Å². The Morgan fingerprint density at radius 3 is 2.31 bits per heavy atom. The summed E-state index contributed by atoms with van der Waals surface area (Å²) < 4.78 is 0. The summed E-state index contributed by atoms with van der Waals surface area (Å²) >= 11 is 0. The van der Waals surface area contributed by atoms with Gasteiger partial charge >= 0.3 is 0 Å². The van der Waals surface area contributed by atoms with Gasteiger partial charge in [-0.2, -0.15) is 5.10 Å². The van der Waals surface area contributed by atoms with Crippen LogP contribution in [-0.4, -0.2) is 11.6 Å². The maximum Gasteiger partial charge on any atom is 0.243 e. The van der Waals surface area contributed by atoms with Crippen LogP contribution in [0.15, 0.2) is 5.10 Å². The molecule has 0 aromatic carbocycles. The van der Waals surface area contributed by atoms with E-state index in [1.54, 1.807) is 0 Å². The number of rotatable bonds is 3. The number of hydrogen-bond donors (Lipinski definition) is 1. The molecule has 0 radical (unpaired) electrons. The molecule has 3 nitrogen and oxygen atoms in total. The lowest BCUT2D eigenvalue weighted by Crippen LogP contribution is -2.22. The van der Waals surface area contributed by atoms with Crippen LogP contribution in [0.25, 0.3) is 0 Å². The maximum atomic E-state index is 11.9. The molecule has 1 amide bonds. The third kappa shape index (κ3) is 1.87. The van der Waals surface area contributed by atoms with Gasteiger partial charge in [0, 0.05) is 11.6 Å². The normalized spacial score (nSPS) is 37.8. The molecule has 0 saturated heterocycles. The molecular formula is C13H20N2O. The van der Waals surface area contributed by atoms with Crippen molar-refractivity contribution in [2.75, 3.05) is 0 Å². The van der Waals surface area contributed by atoms with E-state index in [1.807, 2.05) is 6.92 Å². The molecule has 3 saturated carbocycles. The predicted octanol–water partition coefficient (Wildman–Crippen LogP) is 2.32. The van der Waals surface area contributed by atoms with Crippen molar-refractivity contribution in [3.8, 4) is 0 Å². The predicted molar refractivity (Wildman–Crippen MR) is 62.9 cm³/mol. The van der Waals surface area contributed by atoms with Gasteiger partial charge in [-0.15, -0.1) is 0 Å². The van der Waals surface area contributed by atoms with Gasteiger partial charge in [-0.1, -0.05) is 12.8 Å². The van der Waals surface area contributed by atoms with E-state index >= 15 is 0 Å². The second-order valence-electron chi connectivity index (χ2n) is 5.64. The molecule has 0 aromatic rings. The molecule has 0 aliphatic heterocycles. The van der Waals surface area contributed by atoms with Crippen molar-refractivity contribution in [1.29, 1.82) is 0 Å². The van der Waals surface area contributed by atoms with E-state index in [9.17, 15) is 4.79 Å². The zero-order chi connectivity index (χ0) is 11.1. The highest BCUT2D eigenvalue weighted by Gasteiger charge is 2.54. The first-order chi connectivity index (χ1) is 7.77. The molecular weight excluding hydrogens is 200 g/mol. The van der Waals surface area contributed by atoms with Crippen LogP contribution in [0.1, 0.15) is 45.4 Å². The fourth-order valence-electron chi connectivity index (χ4n) is 3.19. The average Bonchev–Trinajstić information content (AvgIpc) is 3.16. The van der Waals surface area contributed by atoms with E-state index < -0.39 is 0 Å². The van der Waals surface area contributed by atoms with Crippen LogP contribution in [0.4, 0.5) is 0 Å². The van der Waals surface area contributed by atoms with Crippen LogP contribution in [0, 0.1) is 23.7 Å².